The fourth-order valence-electron chi connectivity index (χ4n) is 4.03. The average molecular weight is 578 g/mol. The highest BCUT2D eigenvalue weighted by atomic mass is 32.2. The second-order valence-electron chi connectivity index (χ2n) is 9.22. The Hall–Kier alpha value is -3.89. The Labute approximate surface area is 241 Å². The molecule has 0 spiro atoms. The van der Waals surface area contributed by atoms with E-state index in [1.807, 2.05) is 62.4 Å². The first-order chi connectivity index (χ1) is 19.1. The van der Waals surface area contributed by atoms with Gasteiger partial charge in [-0.05, 0) is 40.2 Å². The number of nitrogens with zero attached hydrogens (tertiary/aromatic N) is 1. The van der Waals surface area contributed by atoms with Crippen LogP contribution in [-0.2, 0) is 14.3 Å². The van der Waals surface area contributed by atoms with E-state index in [9.17, 15) is 14.4 Å². The monoisotopic (exact) mass is 577 g/mol. The van der Waals surface area contributed by atoms with Crippen molar-refractivity contribution in [3.8, 4) is 22.5 Å². The highest BCUT2D eigenvalue weighted by molar-refractivity contribution is 8.00. The molecule has 0 aliphatic carbocycles. The number of hydrogen-bond acceptors (Lipinski definition) is 8. The van der Waals surface area contributed by atoms with Crippen LogP contribution in [0.25, 0.3) is 22.5 Å². The zero-order chi connectivity index (χ0) is 29.0. The van der Waals surface area contributed by atoms with Crippen LogP contribution in [0.1, 0.15) is 50.6 Å². The van der Waals surface area contributed by atoms with Crippen LogP contribution in [0.3, 0.4) is 0 Å². The maximum absolute atomic E-state index is 13.3. The van der Waals surface area contributed by atoms with Crippen molar-refractivity contribution in [1.82, 2.24) is 9.97 Å². The van der Waals surface area contributed by atoms with Crippen molar-refractivity contribution in [3.05, 3.63) is 75.7 Å². The first-order valence-corrected chi connectivity index (χ1v) is 14.4. The first kappa shape index (κ1) is 29.1. The molecule has 0 aliphatic heterocycles. The maximum Gasteiger partial charge on any atom is 0.348 e. The number of benzene rings is 2. The van der Waals surface area contributed by atoms with Crippen LogP contribution in [0.5, 0.6) is 0 Å². The third-order valence-electron chi connectivity index (χ3n) is 6.24. The van der Waals surface area contributed by atoms with E-state index in [0.29, 0.717) is 10.7 Å². The quantitative estimate of drug-likeness (QED) is 0.166. The van der Waals surface area contributed by atoms with E-state index in [4.69, 9.17) is 14.5 Å². The van der Waals surface area contributed by atoms with Gasteiger partial charge in [0.05, 0.1) is 35.9 Å². The first-order valence-electron chi connectivity index (χ1n) is 12.7. The number of esters is 2. The fraction of sp³-hybridized carbons (Fsp3) is 0.267. The van der Waals surface area contributed by atoms with Crippen molar-refractivity contribution >= 4 is 45.9 Å². The molecule has 2 N–H and O–H groups in total. The fourth-order valence-corrected chi connectivity index (χ4v) is 5.93. The van der Waals surface area contributed by atoms with E-state index in [1.165, 1.54) is 18.9 Å². The van der Waals surface area contributed by atoms with Gasteiger partial charge < -0.3 is 19.8 Å². The summed E-state index contributed by atoms with van der Waals surface area (Å²) in [4.78, 5) is 46.7. The summed E-state index contributed by atoms with van der Waals surface area (Å²) in [6.07, 6.45) is 0. The lowest BCUT2D eigenvalue weighted by Crippen LogP contribution is -2.23. The number of hydrogen-bond donors (Lipinski definition) is 2. The summed E-state index contributed by atoms with van der Waals surface area (Å²) in [7, 11) is 1.25. The molecule has 2 aromatic carbocycles. The largest absolute Gasteiger partial charge is 0.465 e. The molecule has 208 valence electrons. The number of carbonyl (C=O) groups excluding carboxylic acids is 3. The predicted octanol–water partition coefficient (Wildman–Crippen LogP) is 6.81. The highest BCUT2D eigenvalue weighted by Gasteiger charge is 2.28. The van der Waals surface area contributed by atoms with E-state index in [2.05, 4.69) is 10.3 Å². The number of ether oxygens (including phenoxy) is 2. The number of amides is 1. The molecule has 2 aromatic heterocycles. The van der Waals surface area contributed by atoms with Gasteiger partial charge in [0.2, 0.25) is 5.91 Å². The summed E-state index contributed by atoms with van der Waals surface area (Å²) >= 11 is 2.26. The minimum absolute atomic E-state index is 0.141. The van der Waals surface area contributed by atoms with E-state index in [0.717, 1.165) is 45.0 Å². The molecule has 10 heteroatoms. The van der Waals surface area contributed by atoms with Crippen molar-refractivity contribution in [1.29, 1.82) is 0 Å². The minimum atomic E-state index is -0.642. The van der Waals surface area contributed by atoms with E-state index < -0.39 is 17.2 Å². The van der Waals surface area contributed by atoms with E-state index in [-0.39, 0.29) is 28.0 Å². The van der Waals surface area contributed by atoms with Gasteiger partial charge in [-0.3, -0.25) is 4.79 Å². The number of methoxy groups -OCH3 is 1. The lowest BCUT2D eigenvalue weighted by Gasteiger charge is -2.10. The molecular weight excluding hydrogens is 546 g/mol. The van der Waals surface area contributed by atoms with Gasteiger partial charge in [0.25, 0.3) is 0 Å². The second-order valence-corrected chi connectivity index (χ2v) is 11.6. The number of rotatable bonds is 9. The van der Waals surface area contributed by atoms with E-state index in [1.54, 1.807) is 20.8 Å². The van der Waals surface area contributed by atoms with Crippen LogP contribution in [0.15, 0.2) is 53.7 Å². The lowest BCUT2D eigenvalue weighted by molar-refractivity contribution is -0.115. The van der Waals surface area contributed by atoms with Crippen LogP contribution in [0.4, 0.5) is 5.00 Å². The third-order valence-corrected chi connectivity index (χ3v) is 8.41. The number of nitrogens with one attached hydrogen (secondary N) is 2. The molecule has 0 fully saturated rings. The van der Waals surface area contributed by atoms with Gasteiger partial charge in [0, 0.05) is 11.1 Å². The minimum Gasteiger partial charge on any atom is -0.465 e. The van der Waals surface area contributed by atoms with Crippen molar-refractivity contribution in [2.45, 2.75) is 45.0 Å². The van der Waals surface area contributed by atoms with Crippen LogP contribution in [-0.4, -0.2) is 46.8 Å². The van der Waals surface area contributed by atoms with Gasteiger partial charge in [-0.15, -0.1) is 11.3 Å². The molecule has 1 amide bonds. The number of aryl methyl sites for hydroxylation is 2. The number of aromatic nitrogens is 2. The van der Waals surface area contributed by atoms with Crippen LogP contribution < -0.4 is 5.32 Å². The zero-order valence-corrected chi connectivity index (χ0v) is 24.8. The number of carbonyl (C=O) groups is 3. The molecule has 1 unspecified atom stereocenters. The summed E-state index contributed by atoms with van der Waals surface area (Å²) in [6.45, 7) is 9.35. The summed E-state index contributed by atoms with van der Waals surface area (Å²) in [5.74, 6) is -1.55. The molecular formula is C30H31N3O5S2. The molecule has 0 saturated heterocycles. The Kier molecular flexibility index (Phi) is 9.11. The molecule has 40 heavy (non-hydrogen) atoms. The van der Waals surface area contributed by atoms with Crippen LogP contribution in [0, 0.1) is 20.8 Å². The molecule has 4 aromatic rings. The molecule has 2 heterocycles. The third kappa shape index (κ3) is 6.29. The molecule has 1 atom stereocenters. The van der Waals surface area contributed by atoms with Gasteiger partial charge >= 0.3 is 11.9 Å². The Bertz CT molecular complexity index is 1480. The van der Waals surface area contributed by atoms with Crippen molar-refractivity contribution < 1.29 is 23.9 Å². The number of imidazole rings is 1. The van der Waals surface area contributed by atoms with Gasteiger partial charge in [0.1, 0.15) is 9.88 Å². The van der Waals surface area contributed by atoms with Gasteiger partial charge in [-0.1, -0.05) is 71.4 Å². The van der Waals surface area contributed by atoms with Gasteiger partial charge in [-0.25, -0.2) is 14.6 Å². The summed E-state index contributed by atoms with van der Waals surface area (Å²) < 4.78 is 10.0. The molecule has 0 saturated carbocycles. The molecule has 0 radical (unpaired) electrons. The number of thiophene rings is 1. The molecule has 8 nitrogen and oxygen atoms in total. The summed E-state index contributed by atoms with van der Waals surface area (Å²) in [5, 5.41) is 3.05. The zero-order valence-electron chi connectivity index (χ0n) is 23.2. The van der Waals surface area contributed by atoms with Gasteiger partial charge in [-0.2, -0.15) is 0 Å². The van der Waals surface area contributed by atoms with E-state index >= 15 is 0 Å². The molecule has 4 rings (SSSR count). The number of thioether (sulfide) groups is 1. The van der Waals surface area contributed by atoms with Crippen molar-refractivity contribution in [2.24, 2.45) is 0 Å². The Balaban J connectivity index is 1.61. The summed E-state index contributed by atoms with van der Waals surface area (Å²) in [5.41, 5.74) is 6.45. The van der Waals surface area contributed by atoms with Crippen molar-refractivity contribution in [2.75, 3.05) is 19.0 Å². The number of H-pyrrole nitrogens is 1. The Morgan fingerprint density at radius 2 is 1.57 bits per heavy atom. The Morgan fingerprint density at radius 1 is 0.975 bits per heavy atom. The lowest BCUT2D eigenvalue weighted by atomic mass is 10.0. The topological polar surface area (TPSA) is 110 Å². The normalized spacial score (nSPS) is 11.7. The average Bonchev–Trinajstić information content (AvgIpc) is 3.50. The Morgan fingerprint density at radius 3 is 2.15 bits per heavy atom. The maximum atomic E-state index is 13.3. The smallest absolute Gasteiger partial charge is 0.348 e. The standard InChI is InChI=1S/C30H31N3O5S2/c1-7-38-29(36)25-18(4)22(28(35)37-6)27(40-25)33-26(34)19(5)39-30-31-23(20-12-8-16(2)9-13-20)24(32-30)21-14-10-17(3)11-15-21/h8-15,19H,7H2,1-6H3,(H,31,32)(H,33,34). The predicted molar refractivity (Wildman–Crippen MR) is 159 cm³/mol. The molecule has 0 aliphatic rings. The number of aromatic amines is 1. The SMILES string of the molecule is CCOC(=O)c1sc(NC(=O)C(C)Sc2nc(-c3ccc(C)cc3)c(-c3ccc(C)cc3)[nH]2)c(C(=O)OC)c1C. The number of anilines is 1. The van der Waals surface area contributed by atoms with Gasteiger partial charge in [0.15, 0.2) is 5.16 Å². The van der Waals surface area contributed by atoms with Crippen molar-refractivity contribution in [3.63, 3.8) is 0 Å². The second kappa shape index (κ2) is 12.5. The van der Waals surface area contributed by atoms with Crippen LogP contribution in [0.2, 0.25) is 0 Å². The molecule has 0 bridgehead atoms. The summed E-state index contributed by atoms with van der Waals surface area (Å²) in [6, 6.07) is 16.3. The van der Waals surface area contributed by atoms with Crippen LogP contribution >= 0.6 is 23.1 Å². The highest BCUT2D eigenvalue weighted by Crippen LogP contribution is 2.37.